The number of carboxylic acid groups (broad SMARTS) is 1. The number of carbonyl (C=O) groups excluding carboxylic acids is 1. The molecule has 0 bridgehead atoms. The summed E-state index contributed by atoms with van der Waals surface area (Å²) < 4.78 is 0. The standard InChI is InChI=1S/C8H10N2O3/c1-3-6-5(2)9-10(8(6)13)4-7(11)12/h3H,4H2,1-2H3,(H,11,12)/b6-3-. The number of amides is 1. The summed E-state index contributed by atoms with van der Waals surface area (Å²) in [6, 6.07) is 0. The second-order valence-corrected chi connectivity index (χ2v) is 2.64. The van der Waals surface area contributed by atoms with Crippen LogP contribution in [-0.2, 0) is 9.59 Å². The number of hydrogen-bond acceptors (Lipinski definition) is 3. The van der Waals surface area contributed by atoms with Gasteiger partial charge in [0.15, 0.2) is 0 Å². The van der Waals surface area contributed by atoms with Crippen molar-refractivity contribution in [1.29, 1.82) is 0 Å². The molecule has 1 amide bonds. The SMILES string of the molecule is C/C=C1\C(=O)N(CC(=O)O)N=C1C. The molecule has 0 aliphatic carbocycles. The van der Waals surface area contributed by atoms with Crippen LogP contribution in [0.3, 0.4) is 0 Å². The zero-order chi connectivity index (χ0) is 10.0. The molecule has 5 nitrogen and oxygen atoms in total. The summed E-state index contributed by atoms with van der Waals surface area (Å²) in [5, 5.41) is 13.2. The molecule has 0 aromatic rings. The van der Waals surface area contributed by atoms with Crippen molar-refractivity contribution in [3.8, 4) is 0 Å². The molecule has 1 heterocycles. The lowest BCUT2D eigenvalue weighted by molar-refractivity contribution is -0.142. The lowest BCUT2D eigenvalue weighted by Gasteiger charge is -2.06. The smallest absolute Gasteiger partial charge is 0.325 e. The van der Waals surface area contributed by atoms with Gasteiger partial charge in [-0.2, -0.15) is 5.10 Å². The van der Waals surface area contributed by atoms with Crippen LogP contribution in [0, 0.1) is 0 Å². The molecule has 0 radical (unpaired) electrons. The molecule has 0 fully saturated rings. The molecule has 0 atom stereocenters. The number of allylic oxidation sites excluding steroid dienone is 1. The van der Waals surface area contributed by atoms with Crippen LogP contribution in [0.4, 0.5) is 0 Å². The van der Waals surface area contributed by atoms with Crippen molar-refractivity contribution in [2.45, 2.75) is 13.8 Å². The average molecular weight is 182 g/mol. The molecule has 1 aliphatic rings. The number of carbonyl (C=O) groups is 2. The van der Waals surface area contributed by atoms with E-state index in [0.29, 0.717) is 11.3 Å². The lowest BCUT2D eigenvalue weighted by atomic mass is 10.2. The molecular formula is C8H10N2O3. The Morgan fingerprint density at radius 1 is 1.69 bits per heavy atom. The Morgan fingerprint density at radius 3 is 2.69 bits per heavy atom. The maximum atomic E-state index is 11.4. The van der Waals surface area contributed by atoms with E-state index in [1.54, 1.807) is 19.9 Å². The molecule has 0 aromatic heterocycles. The summed E-state index contributed by atoms with van der Waals surface area (Å²) in [5.74, 6) is -1.41. The molecular weight excluding hydrogens is 172 g/mol. The first-order chi connectivity index (χ1) is 6.06. The van der Waals surface area contributed by atoms with Crippen molar-refractivity contribution in [2.24, 2.45) is 5.10 Å². The van der Waals surface area contributed by atoms with Gasteiger partial charge in [0, 0.05) is 0 Å². The maximum Gasteiger partial charge on any atom is 0.325 e. The quantitative estimate of drug-likeness (QED) is 0.621. The Bertz CT molecular complexity index is 317. The Balaban J connectivity index is 2.84. The third-order valence-electron chi connectivity index (χ3n) is 1.70. The van der Waals surface area contributed by atoms with Crippen LogP contribution in [0.1, 0.15) is 13.8 Å². The summed E-state index contributed by atoms with van der Waals surface area (Å²) >= 11 is 0. The first kappa shape index (κ1) is 9.44. The van der Waals surface area contributed by atoms with E-state index < -0.39 is 5.97 Å². The third-order valence-corrected chi connectivity index (χ3v) is 1.70. The fraction of sp³-hybridized carbons (Fsp3) is 0.375. The Kier molecular flexibility index (Phi) is 2.46. The summed E-state index contributed by atoms with van der Waals surface area (Å²) in [6.07, 6.45) is 1.63. The molecule has 0 aromatic carbocycles. The second-order valence-electron chi connectivity index (χ2n) is 2.64. The van der Waals surface area contributed by atoms with E-state index in [9.17, 15) is 9.59 Å². The van der Waals surface area contributed by atoms with Crippen molar-refractivity contribution >= 4 is 17.6 Å². The maximum absolute atomic E-state index is 11.4. The summed E-state index contributed by atoms with van der Waals surface area (Å²) in [5.41, 5.74) is 1.04. The Morgan fingerprint density at radius 2 is 2.31 bits per heavy atom. The van der Waals surface area contributed by atoms with Crippen LogP contribution < -0.4 is 0 Å². The van der Waals surface area contributed by atoms with Gasteiger partial charge in [0.25, 0.3) is 5.91 Å². The molecule has 1 N–H and O–H groups in total. The molecule has 0 saturated carbocycles. The molecule has 5 heteroatoms. The lowest BCUT2D eigenvalue weighted by Crippen LogP contribution is -2.28. The molecule has 0 saturated heterocycles. The molecule has 0 spiro atoms. The topological polar surface area (TPSA) is 70.0 Å². The zero-order valence-electron chi connectivity index (χ0n) is 7.44. The molecule has 1 rings (SSSR count). The van der Waals surface area contributed by atoms with Crippen LogP contribution >= 0.6 is 0 Å². The van der Waals surface area contributed by atoms with Crippen molar-refractivity contribution in [3.05, 3.63) is 11.6 Å². The summed E-state index contributed by atoms with van der Waals surface area (Å²) in [6.45, 7) is 3.01. The highest BCUT2D eigenvalue weighted by molar-refractivity contribution is 6.24. The van der Waals surface area contributed by atoms with Crippen molar-refractivity contribution in [2.75, 3.05) is 6.54 Å². The number of aliphatic carboxylic acids is 1. The monoisotopic (exact) mass is 182 g/mol. The van der Waals surface area contributed by atoms with Crippen LogP contribution in [-0.4, -0.2) is 34.2 Å². The number of carboxylic acids is 1. The van der Waals surface area contributed by atoms with Crippen LogP contribution in [0.5, 0.6) is 0 Å². The molecule has 1 aliphatic heterocycles. The van der Waals surface area contributed by atoms with Gasteiger partial charge in [0.2, 0.25) is 0 Å². The minimum absolute atomic E-state index is 0.345. The van der Waals surface area contributed by atoms with Crippen molar-refractivity contribution in [3.63, 3.8) is 0 Å². The van der Waals surface area contributed by atoms with Crippen molar-refractivity contribution < 1.29 is 14.7 Å². The fourth-order valence-electron chi connectivity index (χ4n) is 1.14. The normalized spacial score (nSPS) is 19.5. The highest BCUT2D eigenvalue weighted by atomic mass is 16.4. The summed E-state index contributed by atoms with van der Waals surface area (Å²) in [7, 11) is 0. The predicted octanol–water partition coefficient (Wildman–Crippen LogP) is 0.235. The van der Waals surface area contributed by atoms with Gasteiger partial charge in [-0.3, -0.25) is 9.59 Å². The van der Waals surface area contributed by atoms with Gasteiger partial charge in [0.05, 0.1) is 11.3 Å². The highest BCUT2D eigenvalue weighted by Gasteiger charge is 2.27. The molecule has 0 unspecified atom stereocenters. The number of hydrogen-bond donors (Lipinski definition) is 1. The van der Waals surface area contributed by atoms with Gasteiger partial charge in [-0.15, -0.1) is 0 Å². The molecule has 70 valence electrons. The first-order valence-corrected chi connectivity index (χ1v) is 3.81. The second kappa shape index (κ2) is 3.38. The average Bonchev–Trinajstić information content (AvgIpc) is 2.26. The van der Waals surface area contributed by atoms with E-state index in [2.05, 4.69) is 5.10 Å². The fourth-order valence-corrected chi connectivity index (χ4v) is 1.14. The third kappa shape index (κ3) is 1.74. The number of hydrazone groups is 1. The number of nitrogens with zero attached hydrogens (tertiary/aromatic N) is 2. The predicted molar refractivity (Wildman–Crippen MR) is 46.2 cm³/mol. The van der Waals surface area contributed by atoms with Gasteiger partial charge < -0.3 is 5.11 Å². The largest absolute Gasteiger partial charge is 0.480 e. The Hall–Kier alpha value is -1.65. The van der Waals surface area contributed by atoms with Gasteiger partial charge >= 0.3 is 5.97 Å². The zero-order valence-corrected chi connectivity index (χ0v) is 7.44. The van der Waals surface area contributed by atoms with E-state index in [1.165, 1.54) is 0 Å². The van der Waals surface area contributed by atoms with E-state index >= 15 is 0 Å². The highest BCUT2D eigenvalue weighted by Crippen LogP contribution is 2.13. The van der Waals surface area contributed by atoms with Crippen LogP contribution in [0.2, 0.25) is 0 Å². The van der Waals surface area contributed by atoms with E-state index in [4.69, 9.17) is 5.11 Å². The van der Waals surface area contributed by atoms with Gasteiger partial charge in [-0.25, -0.2) is 5.01 Å². The minimum atomic E-state index is -1.07. The van der Waals surface area contributed by atoms with Crippen LogP contribution in [0.15, 0.2) is 16.8 Å². The van der Waals surface area contributed by atoms with Gasteiger partial charge in [0.1, 0.15) is 6.54 Å². The Labute approximate surface area is 75.3 Å². The van der Waals surface area contributed by atoms with Crippen LogP contribution in [0.25, 0.3) is 0 Å². The van der Waals surface area contributed by atoms with Gasteiger partial charge in [-0.1, -0.05) is 6.08 Å². The summed E-state index contributed by atoms with van der Waals surface area (Å²) in [4.78, 5) is 21.7. The van der Waals surface area contributed by atoms with Gasteiger partial charge in [-0.05, 0) is 13.8 Å². The van der Waals surface area contributed by atoms with E-state index in [0.717, 1.165) is 5.01 Å². The number of rotatable bonds is 2. The van der Waals surface area contributed by atoms with Crippen molar-refractivity contribution in [1.82, 2.24) is 5.01 Å². The molecule has 13 heavy (non-hydrogen) atoms. The first-order valence-electron chi connectivity index (χ1n) is 3.81. The van der Waals surface area contributed by atoms with E-state index in [1.807, 2.05) is 0 Å². The van der Waals surface area contributed by atoms with E-state index in [-0.39, 0.29) is 12.5 Å². The minimum Gasteiger partial charge on any atom is -0.480 e.